The summed E-state index contributed by atoms with van der Waals surface area (Å²) in [6.45, 7) is 5.30. The Balaban J connectivity index is 1.54. The predicted octanol–water partition coefficient (Wildman–Crippen LogP) is 5.05. The normalized spacial score (nSPS) is 15.4. The molecule has 156 valence electrons. The molecule has 1 fully saturated rings. The molecule has 0 bridgehead atoms. The van der Waals surface area contributed by atoms with Crippen molar-refractivity contribution in [2.45, 2.75) is 11.3 Å². The number of oxime groups is 1. The summed E-state index contributed by atoms with van der Waals surface area (Å²) in [6.07, 6.45) is 3.05. The van der Waals surface area contributed by atoms with E-state index in [1.165, 1.54) is 15.7 Å². The monoisotopic (exact) mass is 420 g/mol. The Morgan fingerprint density at radius 3 is 2.57 bits per heavy atom. The summed E-state index contributed by atoms with van der Waals surface area (Å²) in [4.78, 5) is 9.48. The highest BCUT2D eigenvalue weighted by Gasteiger charge is 2.13. The van der Waals surface area contributed by atoms with Crippen molar-refractivity contribution in [3.05, 3.63) is 77.9 Å². The molecule has 1 aliphatic rings. The van der Waals surface area contributed by atoms with Gasteiger partial charge in [-0.25, -0.2) is 0 Å². The lowest BCUT2D eigenvalue weighted by molar-refractivity contribution is 0.0323. The van der Waals surface area contributed by atoms with Crippen molar-refractivity contribution in [1.29, 1.82) is 0 Å². The SMILES string of the molecule is CSc1ccc(C(=NOCCCN2CCOCC2)c2cccc3ccccc23)cc1. The molecule has 0 saturated carbocycles. The maximum Gasteiger partial charge on any atom is 0.118 e. The van der Waals surface area contributed by atoms with Gasteiger partial charge in [0.2, 0.25) is 0 Å². The Morgan fingerprint density at radius 2 is 1.77 bits per heavy atom. The average molecular weight is 421 g/mol. The average Bonchev–Trinajstić information content (AvgIpc) is 2.82. The van der Waals surface area contributed by atoms with Crippen LogP contribution in [0.25, 0.3) is 10.8 Å². The molecule has 0 amide bonds. The highest BCUT2D eigenvalue weighted by Crippen LogP contribution is 2.24. The smallest absolute Gasteiger partial charge is 0.118 e. The van der Waals surface area contributed by atoms with E-state index in [-0.39, 0.29) is 0 Å². The van der Waals surface area contributed by atoms with Crippen LogP contribution >= 0.6 is 11.8 Å². The van der Waals surface area contributed by atoms with Crippen LogP contribution in [0.15, 0.2) is 76.8 Å². The van der Waals surface area contributed by atoms with Gasteiger partial charge in [-0.15, -0.1) is 11.8 Å². The first kappa shape index (κ1) is 20.9. The lowest BCUT2D eigenvalue weighted by Gasteiger charge is -2.26. The van der Waals surface area contributed by atoms with E-state index in [0.29, 0.717) is 6.61 Å². The minimum Gasteiger partial charge on any atom is -0.395 e. The molecule has 30 heavy (non-hydrogen) atoms. The van der Waals surface area contributed by atoms with Gasteiger partial charge in [-0.2, -0.15) is 0 Å². The fourth-order valence-electron chi connectivity index (χ4n) is 3.73. The molecular weight excluding hydrogens is 392 g/mol. The van der Waals surface area contributed by atoms with E-state index in [1.54, 1.807) is 11.8 Å². The van der Waals surface area contributed by atoms with Gasteiger partial charge in [0.05, 0.1) is 13.2 Å². The van der Waals surface area contributed by atoms with Crippen LogP contribution in [0.4, 0.5) is 0 Å². The lowest BCUT2D eigenvalue weighted by atomic mass is 9.97. The minimum atomic E-state index is 0.606. The molecule has 4 nitrogen and oxygen atoms in total. The van der Waals surface area contributed by atoms with Crippen molar-refractivity contribution >= 4 is 28.2 Å². The van der Waals surface area contributed by atoms with E-state index in [2.05, 4.69) is 83.0 Å². The van der Waals surface area contributed by atoms with Crippen molar-refractivity contribution in [2.75, 3.05) is 45.7 Å². The zero-order valence-corrected chi connectivity index (χ0v) is 18.2. The van der Waals surface area contributed by atoms with Gasteiger partial charge < -0.3 is 9.57 Å². The van der Waals surface area contributed by atoms with Crippen LogP contribution in [0.1, 0.15) is 17.5 Å². The molecule has 1 saturated heterocycles. The van der Waals surface area contributed by atoms with E-state index >= 15 is 0 Å². The van der Waals surface area contributed by atoms with Crippen LogP contribution < -0.4 is 0 Å². The van der Waals surface area contributed by atoms with Gasteiger partial charge in [0.1, 0.15) is 12.3 Å². The van der Waals surface area contributed by atoms with E-state index in [0.717, 1.165) is 56.1 Å². The van der Waals surface area contributed by atoms with Crippen LogP contribution in [-0.2, 0) is 9.57 Å². The first-order chi connectivity index (χ1) is 14.8. The van der Waals surface area contributed by atoms with E-state index in [1.807, 2.05) is 0 Å². The summed E-state index contributed by atoms with van der Waals surface area (Å²) >= 11 is 1.74. The molecule has 0 unspecified atom stereocenters. The Morgan fingerprint density at radius 1 is 1.00 bits per heavy atom. The second kappa shape index (κ2) is 10.6. The maximum absolute atomic E-state index is 5.83. The second-order valence-corrected chi connectivity index (χ2v) is 8.22. The topological polar surface area (TPSA) is 34.1 Å². The molecule has 5 heteroatoms. The molecule has 3 aromatic rings. The van der Waals surface area contributed by atoms with Gasteiger partial charge in [0, 0.05) is 35.7 Å². The zero-order chi connectivity index (χ0) is 20.6. The van der Waals surface area contributed by atoms with Crippen LogP contribution in [0.5, 0.6) is 0 Å². The van der Waals surface area contributed by atoms with Gasteiger partial charge in [0.15, 0.2) is 0 Å². The molecule has 0 aliphatic carbocycles. The number of fused-ring (bicyclic) bond motifs is 1. The lowest BCUT2D eigenvalue weighted by Crippen LogP contribution is -2.37. The molecule has 0 N–H and O–H groups in total. The van der Waals surface area contributed by atoms with Gasteiger partial charge in [0.25, 0.3) is 0 Å². The minimum absolute atomic E-state index is 0.606. The highest BCUT2D eigenvalue weighted by molar-refractivity contribution is 7.98. The number of hydrogen-bond donors (Lipinski definition) is 0. The van der Waals surface area contributed by atoms with Gasteiger partial charge >= 0.3 is 0 Å². The van der Waals surface area contributed by atoms with Crippen molar-refractivity contribution in [2.24, 2.45) is 5.16 Å². The largest absolute Gasteiger partial charge is 0.395 e. The first-order valence-corrected chi connectivity index (χ1v) is 11.7. The number of nitrogens with zero attached hydrogens (tertiary/aromatic N) is 2. The van der Waals surface area contributed by atoms with Crippen molar-refractivity contribution < 1.29 is 9.57 Å². The van der Waals surface area contributed by atoms with E-state index in [4.69, 9.17) is 9.57 Å². The van der Waals surface area contributed by atoms with Gasteiger partial charge in [-0.05, 0) is 35.6 Å². The third kappa shape index (κ3) is 5.22. The number of ether oxygens (including phenoxy) is 1. The molecule has 4 rings (SSSR count). The van der Waals surface area contributed by atoms with Crippen molar-refractivity contribution in [3.63, 3.8) is 0 Å². The number of morpholine rings is 1. The quantitative estimate of drug-likeness (QED) is 0.221. The Labute approximate surface area is 182 Å². The maximum atomic E-state index is 5.83. The van der Waals surface area contributed by atoms with Crippen LogP contribution in [0.2, 0.25) is 0 Å². The molecule has 0 atom stereocenters. The summed E-state index contributed by atoms with van der Waals surface area (Å²) in [7, 11) is 0. The molecule has 1 heterocycles. The Bertz CT molecular complexity index is 977. The number of benzene rings is 3. The molecule has 0 radical (unpaired) electrons. The molecular formula is C25H28N2O2S. The second-order valence-electron chi connectivity index (χ2n) is 7.34. The third-order valence-electron chi connectivity index (χ3n) is 5.38. The summed E-state index contributed by atoms with van der Waals surface area (Å²) in [5, 5.41) is 7.01. The fraction of sp³-hybridized carbons (Fsp3) is 0.320. The summed E-state index contributed by atoms with van der Waals surface area (Å²) in [5.41, 5.74) is 3.04. The summed E-state index contributed by atoms with van der Waals surface area (Å²) < 4.78 is 5.41. The molecule has 1 aliphatic heterocycles. The Hall–Kier alpha value is -2.34. The molecule has 0 aromatic heterocycles. The predicted molar refractivity (Wildman–Crippen MR) is 126 cm³/mol. The fourth-order valence-corrected chi connectivity index (χ4v) is 4.13. The van der Waals surface area contributed by atoms with Crippen molar-refractivity contribution in [1.82, 2.24) is 4.90 Å². The van der Waals surface area contributed by atoms with E-state index < -0.39 is 0 Å². The van der Waals surface area contributed by atoms with Crippen LogP contribution in [-0.4, -0.2) is 56.3 Å². The van der Waals surface area contributed by atoms with E-state index in [9.17, 15) is 0 Å². The number of rotatable bonds is 8. The first-order valence-electron chi connectivity index (χ1n) is 10.5. The van der Waals surface area contributed by atoms with Gasteiger partial charge in [-0.3, -0.25) is 4.90 Å². The van der Waals surface area contributed by atoms with Crippen LogP contribution in [0, 0.1) is 0 Å². The summed E-state index contributed by atoms with van der Waals surface area (Å²) in [6, 6.07) is 23.3. The van der Waals surface area contributed by atoms with Crippen molar-refractivity contribution in [3.8, 4) is 0 Å². The van der Waals surface area contributed by atoms with Gasteiger partial charge in [-0.1, -0.05) is 59.8 Å². The Kier molecular flexibility index (Phi) is 7.40. The summed E-state index contributed by atoms with van der Waals surface area (Å²) in [5.74, 6) is 0. The number of thioether (sulfide) groups is 1. The number of hydrogen-bond acceptors (Lipinski definition) is 5. The highest BCUT2D eigenvalue weighted by atomic mass is 32.2. The molecule has 3 aromatic carbocycles. The third-order valence-corrected chi connectivity index (χ3v) is 6.12. The standard InChI is InChI=1S/C25H28N2O2S/c1-30-22-12-10-21(11-13-22)25(24-9-4-7-20-6-2-3-8-23(20)24)26-29-17-5-14-27-15-18-28-19-16-27/h2-4,6-13H,5,14-19H2,1H3. The van der Waals surface area contributed by atoms with Crippen LogP contribution in [0.3, 0.4) is 0 Å². The molecule has 0 spiro atoms. The zero-order valence-electron chi connectivity index (χ0n) is 17.4.